The first-order valence-electron chi connectivity index (χ1n) is 6.34. The van der Waals surface area contributed by atoms with Crippen LogP contribution < -0.4 is 15.4 Å². The summed E-state index contributed by atoms with van der Waals surface area (Å²) in [6.07, 6.45) is 1.20. The summed E-state index contributed by atoms with van der Waals surface area (Å²) in [4.78, 5) is 14.0. The second-order valence-corrected chi connectivity index (χ2v) is 4.86. The molecule has 2 atom stereocenters. The molecule has 0 saturated carbocycles. The van der Waals surface area contributed by atoms with E-state index in [0.717, 1.165) is 24.4 Å². The average Bonchev–Trinajstić information content (AvgIpc) is 2.37. The second kappa shape index (κ2) is 4.98. The smallest absolute Gasteiger partial charge is 0.179 e. The highest BCUT2D eigenvalue weighted by Gasteiger charge is 2.23. The molecular formula is C14H20N2O2. The fourth-order valence-electron chi connectivity index (χ4n) is 2.16. The molecule has 1 heterocycles. The van der Waals surface area contributed by atoms with Crippen LogP contribution in [-0.2, 0) is 0 Å². The zero-order chi connectivity index (χ0) is 13.3. The number of hydrogen-bond donors (Lipinski definition) is 1. The van der Waals surface area contributed by atoms with Crippen LogP contribution in [0.4, 0.5) is 5.69 Å². The predicted octanol–water partition coefficient (Wildman–Crippen LogP) is 1.82. The minimum Gasteiger partial charge on any atom is -0.486 e. The number of rotatable bonds is 3. The lowest BCUT2D eigenvalue weighted by Gasteiger charge is -2.33. The number of likely N-dealkylation sites (N-methyl/N-ethyl adjacent to an activating group) is 1. The van der Waals surface area contributed by atoms with Crippen molar-refractivity contribution in [1.29, 1.82) is 0 Å². The van der Waals surface area contributed by atoms with Crippen LogP contribution in [0, 0.1) is 0 Å². The molecule has 2 N–H and O–H groups in total. The highest BCUT2D eigenvalue weighted by atomic mass is 16.5. The molecule has 1 aromatic carbocycles. The highest BCUT2D eigenvalue weighted by Crippen LogP contribution is 2.34. The first-order valence-corrected chi connectivity index (χ1v) is 6.34. The zero-order valence-electron chi connectivity index (χ0n) is 11.1. The van der Waals surface area contributed by atoms with E-state index in [1.165, 1.54) is 0 Å². The third kappa shape index (κ3) is 2.34. The minimum absolute atomic E-state index is 0.0381. The molecule has 4 nitrogen and oxygen atoms in total. The van der Waals surface area contributed by atoms with Gasteiger partial charge >= 0.3 is 0 Å². The molecule has 0 spiro atoms. The standard InChI is InChI=1S/C14H20N2O2/c1-4-11-8-16(3)12-7-10(14(17)9(2)15)5-6-13(12)18-11/h5-7,9,11H,4,8,15H2,1-3H3. The number of ether oxygens (including phenoxy) is 1. The van der Waals surface area contributed by atoms with E-state index in [9.17, 15) is 4.79 Å². The maximum absolute atomic E-state index is 11.9. The van der Waals surface area contributed by atoms with Crippen molar-refractivity contribution in [2.45, 2.75) is 32.4 Å². The van der Waals surface area contributed by atoms with E-state index < -0.39 is 6.04 Å². The highest BCUT2D eigenvalue weighted by molar-refractivity contribution is 6.00. The number of anilines is 1. The average molecular weight is 248 g/mol. The fourth-order valence-corrected chi connectivity index (χ4v) is 2.16. The minimum atomic E-state index is -0.471. The number of benzene rings is 1. The number of Topliss-reactive ketones (excluding diaryl/α,β-unsaturated/α-hetero) is 1. The fraction of sp³-hybridized carbons (Fsp3) is 0.500. The van der Waals surface area contributed by atoms with Crippen molar-refractivity contribution in [1.82, 2.24) is 0 Å². The Labute approximate surface area is 108 Å². The summed E-state index contributed by atoms with van der Waals surface area (Å²) in [5.74, 6) is 0.806. The molecular weight excluding hydrogens is 228 g/mol. The molecule has 18 heavy (non-hydrogen) atoms. The summed E-state index contributed by atoms with van der Waals surface area (Å²) in [6.45, 7) is 4.66. The Balaban J connectivity index is 2.33. The number of carbonyl (C=O) groups excluding carboxylic acids is 1. The molecule has 0 bridgehead atoms. The van der Waals surface area contributed by atoms with Crippen LogP contribution >= 0.6 is 0 Å². The maximum atomic E-state index is 11.9. The first-order chi connectivity index (χ1) is 8.52. The van der Waals surface area contributed by atoms with Crippen molar-refractivity contribution >= 4 is 11.5 Å². The molecule has 1 aliphatic heterocycles. The molecule has 1 aliphatic rings. The molecule has 0 aromatic heterocycles. The van der Waals surface area contributed by atoms with Crippen LogP contribution in [0.3, 0.4) is 0 Å². The second-order valence-electron chi connectivity index (χ2n) is 4.86. The van der Waals surface area contributed by atoms with Crippen LogP contribution in [0.25, 0.3) is 0 Å². The van der Waals surface area contributed by atoms with Crippen LogP contribution in [0.15, 0.2) is 18.2 Å². The van der Waals surface area contributed by atoms with E-state index in [4.69, 9.17) is 10.5 Å². The third-order valence-corrected chi connectivity index (χ3v) is 3.29. The summed E-state index contributed by atoms with van der Waals surface area (Å²) in [7, 11) is 2.02. The lowest BCUT2D eigenvalue weighted by molar-refractivity contribution is 0.0968. The Morgan fingerprint density at radius 1 is 1.61 bits per heavy atom. The lowest BCUT2D eigenvalue weighted by Crippen LogP contribution is -2.37. The van der Waals surface area contributed by atoms with E-state index in [-0.39, 0.29) is 11.9 Å². The largest absolute Gasteiger partial charge is 0.486 e. The van der Waals surface area contributed by atoms with Gasteiger partial charge in [-0.1, -0.05) is 6.92 Å². The first kappa shape index (κ1) is 12.9. The van der Waals surface area contributed by atoms with Gasteiger partial charge in [0.2, 0.25) is 0 Å². The van der Waals surface area contributed by atoms with Crippen LogP contribution in [0.5, 0.6) is 5.75 Å². The summed E-state index contributed by atoms with van der Waals surface area (Å²) < 4.78 is 5.86. The van der Waals surface area contributed by atoms with Crippen LogP contribution in [0.2, 0.25) is 0 Å². The van der Waals surface area contributed by atoms with Crippen LogP contribution in [-0.4, -0.2) is 31.5 Å². The molecule has 98 valence electrons. The van der Waals surface area contributed by atoms with Gasteiger partial charge in [0.05, 0.1) is 18.3 Å². The Kier molecular flexibility index (Phi) is 3.57. The molecule has 2 unspecified atom stereocenters. The molecule has 2 rings (SSSR count). The van der Waals surface area contributed by atoms with Gasteiger partial charge in [0.15, 0.2) is 5.78 Å². The number of hydrogen-bond acceptors (Lipinski definition) is 4. The molecule has 0 saturated heterocycles. The quantitative estimate of drug-likeness (QED) is 0.829. The van der Waals surface area contributed by atoms with Gasteiger partial charge in [-0.2, -0.15) is 0 Å². The summed E-state index contributed by atoms with van der Waals surface area (Å²) in [5.41, 5.74) is 7.24. The van der Waals surface area contributed by atoms with E-state index in [2.05, 4.69) is 11.8 Å². The number of nitrogens with zero attached hydrogens (tertiary/aromatic N) is 1. The molecule has 0 amide bonds. The van der Waals surface area contributed by atoms with E-state index in [1.54, 1.807) is 13.0 Å². The van der Waals surface area contributed by atoms with Gasteiger partial charge in [-0.3, -0.25) is 4.79 Å². The van der Waals surface area contributed by atoms with Crippen molar-refractivity contribution in [3.05, 3.63) is 23.8 Å². The summed E-state index contributed by atoms with van der Waals surface area (Å²) >= 11 is 0. The van der Waals surface area contributed by atoms with Crippen molar-refractivity contribution in [3.63, 3.8) is 0 Å². The predicted molar refractivity (Wildman–Crippen MR) is 72.4 cm³/mol. The van der Waals surface area contributed by atoms with Crippen LogP contribution in [0.1, 0.15) is 30.6 Å². The number of carbonyl (C=O) groups is 1. The Bertz CT molecular complexity index is 457. The van der Waals surface area contributed by atoms with Crippen molar-refractivity contribution in [2.75, 3.05) is 18.5 Å². The molecule has 0 radical (unpaired) electrons. The van der Waals surface area contributed by atoms with Gasteiger partial charge in [0.25, 0.3) is 0 Å². The number of nitrogens with two attached hydrogens (primary N) is 1. The van der Waals surface area contributed by atoms with Gasteiger partial charge < -0.3 is 15.4 Å². The molecule has 0 fully saturated rings. The van der Waals surface area contributed by atoms with E-state index in [0.29, 0.717) is 5.56 Å². The third-order valence-electron chi connectivity index (χ3n) is 3.29. The van der Waals surface area contributed by atoms with Crippen molar-refractivity contribution in [3.8, 4) is 5.75 Å². The monoisotopic (exact) mass is 248 g/mol. The topological polar surface area (TPSA) is 55.6 Å². The lowest BCUT2D eigenvalue weighted by atomic mass is 10.0. The van der Waals surface area contributed by atoms with Gasteiger partial charge in [-0.05, 0) is 31.5 Å². The molecule has 4 heteroatoms. The summed E-state index contributed by atoms with van der Waals surface area (Å²) in [5, 5.41) is 0. The summed E-state index contributed by atoms with van der Waals surface area (Å²) in [6, 6.07) is 5.05. The van der Waals surface area contributed by atoms with Gasteiger partial charge in [-0.15, -0.1) is 0 Å². The van der Waals surface area contributed by atoms with Crippen molar-refractivity contribution in [2.24, 2.45) is 5.73 Å². The van der Waals surface area contributed by atoms with E-state index >= 15 is 0 Å². The van der Waals surface area contributed by atoms with Crippen molar-refractivity contribution < 1.29 is 9.53 Å². The van der Waals surface area contributed by atoms with Gasteiger partial charge in [0, 0.05) is 12.6 Å². The van der Waals surface area contributed by atoms with Gasteiger partial charge in [0.1, 0.15) is 11.9 Å². The zero-order valence-corrected chi connectivity index (χ0v) is 11.1. The Morgan fingerprint density at radius 3 is 2.94 bits per heavy atom. The SMILES string of the molecule is CCC1CN(C)c2cc(C(=O)C(C)N)ccc2O1. The maximum Gasteiger partial charge on any atom is 0.179 e. The number of fused-ring (bicyclic) bond motifs is 1. The normalized spacial score (nSPS) is 20.0. The number of ketones is 1. The molecule has 0 aliphatic carbocycles. The molecule has 1 aromatic rings. The Morgan fingerprint density at radius 2 is 2.33 bits per heavy atom. The van der Waals surface area contributed by atoms with E-state index in [1.807, 2.05) is 19.2 Å². The van der Waals surface area contributed by atoms with Gasteiger partial charge in [-0.25, -0.2) is 0 Å². The Hall–Kier alpha value is -1.55.